The minimum Gasteiger partial charge on any atom is -0.494 e. The molecule has 2 nitrogen and oxygen atoms in total. The maximum absolute atomic E-state index is 5.40. The summed E-state index contributed by atoms with van der Waals surface area (Å²) in [5.41, 5.74) is 3.17. The molecule has 0 aliphatic carbocycles. The number of pyridine rings is 1. The molecule has 0 saturated carbocycles. The van der Waals surface area contributed by atoms with Gasteiger partial charge in [0.25, 0.3) is 0 Å². The highest BCUT2D eigenvalue weighted by Gasteiger charge is 2.09. The Hall–Kier alpha value is -1.87. The molecule has 0 atom stereocenters. The van der Waals surface area contributed by atoms with Crippen molar-refractivity contribution in [2.75, 3.05) is 7.11 Å². The van der Waals surface area contributed by atoms with Crippen molar-refractivity contribution in [1.29, 1.82) is 0 Å². The highest BCUT2D eigenvalue weighted by Crippen LogP contribution is 2.31. The van der Waals surface area contributed by atoms with Crippen LogP contribution < -0.4 is 4.74 Å². The minimum absolute atomic E-state index is 0.828. The van der Waals surface area contributed by atoms with Gasteiger partial charge in [0, 0.05) is 5.39 Å². The fourth-order valence-electron chi connectivity index (χ4n) is 2.11. The number of nitrogens with zero attached hydrogens (tertiary/aromatic N) is 1. The van der Waals surface area contributed by atoms with Crippen LogP contribution in [0.2, 0.25) is 0 Å². The second-order valence-corrected chi connectivity index (χ2v) is 5.11. The van der Waals surface area contributed by atoms with Crippen LogP contribution in [0.5, 0.6) is 5.75 Å². The smallest absolute Gasteiger partial charge is 0.145 e. The van der Waals surface area contributed by atoms with E-state index in [2.05, 4.69) is 30.5 Å². The minimum atomic E-state index is 0.828. The Morgan fingerprint density at radius 2 is 2.06 bits per heavy atom. The average molecular weight is 255 g/mol. The van der Waals surface area contributed by atoms with Crippen molar-refractivity contribution >= 4 is 22.2 Å². The second-order valence-electron chi connectivity index (χ2n) is 4.16. The molecule has 0 fully saturated rings. The molecule has 0 aliphatic rings. The van der Waals surface area contributed by atoms with E-state index in [1.54, 1.807) is 18.4 Å². The fraction of sp³-hybridized carbons (Fsp3) is 0.133. The summed E-state index contributed by atoms with van der Waals surface area (Å²) in [5, 5.41) is 3.22. The molecule has 1 aromatic carbocycles. The number of thiophene rings is 1. The van der Waals surface area contributed by atoms with Gasteiger partial charge in [0.2, 0.25) is 0 Å². The summed E-state index contributed by atoms with van der Waals surface area (Å²) in [7, 11) is 1.68. The molecule has 90 valence electrons. The van der Waals surface area contributed by atoms with E-state index in [4.69, 9.17) is 9.72 Å². The van der Waals surface area contributed by atoms with Crippen molar-refractivity contribution in [2.24, 2.45) is 0 Å². The first kappa shape index (κ1) is 11.2. The lowest BCUT2D eigenvalue weighted by atomic mass is 10.1. The second kappa shape index (κ2) is 4.42. The zero-order chi connectivity index (χ0) is 12.5. The molecule has 0 aliphatic heterocycles. The Morgan fingerprint density at radius 1 is 1.17 bits per heavy atom. The number of ether oxygens (including phenoxy) is 1. The zero-order valence-electron chi connectivity index (χ0n) is 10.3. The van der Waals surface area contributed by atoms with Crippen molar-refractivity contribution in [3.63, 3.8) is 0 Å². The van der Waals surface area contributed by atoms with Crippen LogP contribution in [0.15, 0.2) is 41.8 Å². The van der Waals surface area contributed by atoms with E-state index in [0.29, 0.717) is 0 Å². The summed E-state index contributed by atoms with van der Waals surface area (Å²) in [6, 6.07) is 12.3. The van der Waals surface area contributed by atoms with Gasteiger partial charge < -0.3 is 4.74 Å². The highest BCUT2D eigenvalue weighted by atomic mass is 32.1. The van der Waals surface area contributed by atoms with Gasteiger partial charge in [-0.05, 0) is 36.1 Å². The third kappa shape index (κ3) is 1.77. The van der Waals surface area contributed by atoms with Gasteiger partial charge in [-0.2, -0.15) is 0 Å². The van der Waals surface area contributed by atoms with Crippen molar-refractivity contribution in [1.82, 2.24) is 4.98 Å². The molecular weight excluding hydrogens is 242 g/mol. The first-order valence-corrected chi connectivity index (χ1v) is 6.66. The summed E-state index contributed by atoms with van der Waals surface area (Å²) in [5.74, 6) is 0.828. The van der Waals surface area contributed by atoms with Crippen LogP contribution in [-0.2, 0) is 0 Å². The van der Waals surface area contributed by atoms with Gasteiger partial charge in [-0.3, -0.25) is 0 Å². The highest BCUT2D eigenvalue weighted by molar-refractivity contribution is 7.13. The number of benzene rings is 1. The molecule has 0 saturated heterocycles. The van der Waals surface area contributed by atoms with Gasteiger partial charge >= 0.3 is 0 Å². The van der Waals surface area contributed by atoms with Crippen LogP contribution in [0.4, 0.5) is 0 Å². The SMILES string of the molecule is COc1cccc2c(C)cc(-c3cccs3)nc12. The van der Waals surface area contributed by atoms with Gasteiger partial charge in [0.05, 0.1) is 17.7 Å². The van der Waals surface area contributed by atoms with E-state index >= 15 is 0 Å². The van der Waals surface area contributed by atoms with Crippen molar-refractivity contribution in [2.45, 2.75) is 6.92 Å². The third-order valence-corrected chi connectivity index (χ3v) is 3.90. The fourth-order valence-corrected chi connectivity index (χ4v) is 2.79. The molecule has 3 heteroatoms. The summed E-state index contributed by atoms with van der Waals surface area (Å²) in [6.45, 7) is 2.11. The normalized spacial score (nSPS) is 10.8. The lowest BCUT2D eigenvalue weighted by molar-refractivity contribution is 0.419. The van der Waals surface area contributed by atoms with Crippen LogP contribution in [0, 0.1) is 6.92 Å². The van der Waals surface area contributed by atoms with Crippen LogP contribution in [0.1, 0.15) is 5.56 Å². The van der Waals surface area contributed by atoms with Crippen LogP contribution in [0.25, 0.3) is 21.5 Å². The van der Waals surface area contributed by atoms with Crippen molar-refractivity contribution < 1.29 is 4.74 Å². The van der Waals surface area contributed by atoms with Crippen molar-refractivity contribution in [3.8, 4) is 16.3 Å². The molecule has 0 radical (unpaired) electrons. The number of fused-ring (bicyclic) bond motifs is 1. The van der Waals surface area contributed by atoms with E-state index in [-0.39, 0.29) is 0 Å². The molecule has 0 bridgehead atoms. The third-order valence-electron chi connectivity index (χ3n) is 3.00. The number of hydrogen-bond donors (Lipinski definition) is 0. The van der Waals surface area contributed by atoms with Gasteiger partial charge in [0.1, 0.15) is 11.3 Å². The number of para-hydroxylation sites is 1. The molecule has 0 unspecified atom stereocenters. The molecule has 0 spiro atoms. The number of methoxy groups -OCH3 is 1. The van der Waals surface area contributed by atoms with Gasteiger partial charge in [0.15, 0.2) is 0 Å². The van der Waals surface area contributed by atoms with Gasteiger partial charge in [-0.25, -0.2) is 4.98 Å². The van der Waals surface area contributed by atoms with Crippen LogP contribution in [0.3, 0.4) is 0 Å². The topological polar surface area (TPSA) is 22.1 Å². The predicted octanol–water partition coefficient (Wildman–Crippen LogP) is 4.28. The Bertz CT molecular complexity index is 689. The predicted molar refractivity (Wildman–Crippen MR) is 76.3 cm³/mol. The summed E-state index contributed by atoms with van der Waals surface area (Å²) in [6.07, 6.45) is 0. The maximum atomic E-state index is 5.40. The largest absolute Gasteiger partial charge is 0.494 e. The number of rotatable bonds is 2. The van der Waals surface area contributed by atoms with E-state index in [0.717, 1.165) is 22.3 Å². The average Bonchev–Trinajstić information content (AvgIpc) is 2.92. The molecular formula is C15H13NOS. The summed E-state index contributed by atoms with van der Waals surface area (Å²) >= 11 is 1.70. The first-order valence-electron chi connectivity index (χ1n) is 5.78. The molecule has 18 heavy (non-hydrogen) atoms. The Kier molecular flexibility index (Phi) is 2.76. The molecule has 3 aromatic rings. The van der Waals surface area contributed by atoms with E-state index in [1.165, 1.54) is 10.4 Å². The maximum Gasteiger partial charge on any atom is 0.145 e. The van der Waals surface area contributed by atoms with Gasteiger partial charge in [-0.1, -0.05) is 18.2 Å². The Balaban J connectivity index is 2.32. The Morgan fingerprint density at radius 3 is 2.78 bits per heavy atom. The van der Waals surface area contributed by atoms with E-state index < -0.39 is 0 Å². The molecule has 2 heterocycles. The zero-order valence-corrected chi connectivity index (χ0v) is 11.1. The molecule has 0 N–H and O–H groups in total. The van der Waals surface area contributed by atoms with Gasteiger partial charge in [-0.15, -0.1) is 11.3 Å². The number of hydrogen-bond acceptors (Lipinski definition) is 3. The lowest BCUT2D eigenvalue weighted by Crippen LogP contribution is -1.91. The molecule has 3 rings (SSSR count). The summed E-state index contributed by atoms with van der Waals surface area (Å²) in [4.78, 5) is 5.92. The quantitative estimate of drug-likeness (QED) is 0.682. The number of aryl methyl sites for hydroxylation is 1. The van der Waals surface area contributed by atoms with E-state index in [1.807, 2.05) is 18.2 Å². The standard InChI is InChI=1S/C15H13NOS/c1-10-9-12(14-7-4-8-18-14)16-15-11(10)5-3-6-13(15)17-2/h3-9H,1-2H3. The monoisotopic (exact) mass is 255 g/mol. The number of aromatic nitrogens is 1. The van der Waals surface area contributed by atoms with Crippen molar-refractivity contribution in [3.05, 3.63) is 47.3 Å². The van der Waals surface area contributed by atoms with Crippen LogP contribution >= 0.6 is 11.3 Å². The molecule has 2 aromatic heterocycles. The summed E-state index contributed by atoms with van der Waals surface area (Å²) < 4.78 is 5.40. The Labute approximate surface area is 110 Å². The lowest BCUT2D eigenvalue weighted by Gasteiger charge is -2.08. The van der Waals surface area contributed by atoms with Crippen LogP contribution in [-0.4, -0.2) is 12.1 Å². The first-order chi connectivity index (χ1) is 8.79. The molecule has 0 amide bonds. The van der Waals surface area contributed by atoms with E-state index in [9.17, 15) is 0 Å².